The molecule has 0 saturated heterocycles. The van der Waals surface area contributed by atoms with Crippen LogP contribution in [0.4, 0.5) is 0 Å². The highest BCUT2D eigenvalue weighted by molar-refractivity contribution is 5.75. The average Bonchev–Trinajstić information content (AvgIpc) is 2.40. The number of esters is 1. The molecule has 0 aliphatic rings. The fourth-order valence-electron chi connectivity index (χ4n) is 2.32. The molecular formula is C18H20O3. The summed E-state index contributed by atoms with van der Waals surface area (Å²) in [6.07, 6.45) is 0. The summed E-state index contributed by atoms with van der Waals surface area (Å²) in [6.45, 7) is 7.76. The molecule has 0 aliphatic carbocycles. The zero-order chi connectivity index (χ0) is 15.4. The third-order valence-electron chi connectivity index (χ3n) is 3.17. The number of carbonyl (C=O) groups excluding carboxylic acids is 1. The molecule has 0 spiro atoms. The van der Waals surface area contributed by atoms with Crippen LogP contribution in [0.25, 0.3) is 0 Å². The van der Waals surface area contributed by atoms with Gasteiger partial charge in [-0.2, -0.15) is 0 Å². The van der Waals surface area contributed by atoms with Crippen LogP contribution >= 0.6 is 0 Å². The van der Waals surface area contributed by atoms with E-state index in [2.05, 4.69) is 0 Å². The molecule has 2 rings (SSSR count). The number of benzene rings is 2. The summed E-state index contributed by atoms with van der Waals surface area (Å²) in [5.41, 5.74) is 4.15. The van der Waals surface area contributed by atoms with E-state index in [1.165, 1.54) is 0 Å². The maximum atomic E-state index is 11.9. The predicted octanol–water partition coefficient (Wildman–Crippen LogP) is 3.90. The minimum Gasteiger partial charge on any atom is -0.482 e. The van der Waals surface area contributed by atoms with Gasteiger partial charge in [0.1, 0.15) is 11.5 Å². The molecule has 0 atom stereocenters. The lowest BCUT2D eigenvalue weighted by Crippen LogP contribution is -2.18. The zero-order valence-corrected chi connectivity index (χ0v) is 12.9. The summed E-state index contributed by atoms with van der Waals surface area (Å²) in [6, 6.07) is 11.6. The van der Waals surface area contributed by atoms with Crippen LogP contribution in [0.3, 0.4) is 0 Å². The van der Waals surface area contributed by atoms with E-state index >= 15 is 0 Å². The van der Waals surface area contributed by atoms with Gasteiger partial charge in [0.25, 0.3) is 0 Å². The normalized spacial score (nSPS) is 10.3. The highest BCUT2D eigenvalue weighted by atomic mass is 16.6. The van der Waals surface area contributed by atoms with E-state index in [9.17, 15) is 4.79 Å². The van der Waals surface area contributed by atoms with Crippen molar-refractivity contribution in [3.63, 3.8) is 0 Å². The molecule has 21 heavy (non-hydrogen) atoms. The number of ether oxygens (including phenoxy) is 2. The molecule has 0 bridgehead atoms. The van der Waals surface area contributed by atoms with Crippen LogP contribution in [-0.4, -0.2) is 12.6 Å². The summed E-state index contributed by atoms with van der Waals surface area (Å²) in [5.74, 6) is 0.898. The van der Waals surface area contributed by atoms with Gasteiger partial charge in [0.05, 0.1) is 0 Å². The van der Waals surface area contributed by atoms with Gasteiger partial charge in [-0.25, -0.2) is 4.79 Å². The first-order valence-corrected chi connectivity index (χ1v) is 6.93. The van der Waals surface area contributed by atoms with Crippen molar-refractivity contribution in [2.24, 2.45) is 0 Å². The van der Waals surface area contributed by atoms with Crippen molar-refractivity contribution in [2.75, 3.05) is 6.61 Å². The van der Waals surface area contributed by atoms with Gasteiger partial charge in [0.15, 0.2) is 6.61 Å². The number of carbonyl (C=O) groups is 1. The molecule has 0 aromatic heterocycles. The highest BCUT2D eigenvalue weighted by Crippen LogP contribution is 2.24. The molecular weight excluding hydrogens is 264 g/mol. The monoisotopic (exact) mass is 284 g/mol. The molecule has 110 valence electrons. The Kier molecular flexibility index (Phi) is 4.63. The highest BCUT2D eigenvalue weighted by Gasteiger charge is 2.11. The SMILES string of the molecule is Cc1cccc(OCC(=O)Oc2c(C)cc(C)cc2C)c1. The predicted molar refractivity (Wildman–Crippen MR) is 83.0 cm³/mol. The van der Waals surface area contributed by atoms with Gasteiger partial charge >= 0.3 is 5.97 Å². The number of hydrogen-bond acceptors (Lipinski definition) is 3. The van der Waals surface area contributed by atoms with E-state index in [0.717, 1.165) is 22.3 Å². The first-order valence-electron chi connectivity index (χ1n) is 6.93. The molecule has 0 fully saturated rings. The summed E-state index contributed by atoms with van der Waals surface area (Å²) >= 11 is 0. The molecule has 0 heterocycles. The maximum absolute atomic E-state index is 11.9. The molecule has 0 unspecified atom stereocenters. The van der Waals surface area contributed by atoms with Gasteiger partial charge in [-0.05, 0) is 56.5 Å². The lowest BCUT2D eigenvalue weighted by Gasteiger charge is -2.12. The zero-order valence-electron chi connectivity index (χ0n) is 12.9. The van der Waals surface area contributed by atoms with Gasteiger partial charge in [-0.1, -0.05) is 29.8 Å². The fourth-order valence-corrected chi connectivity index (χ4v) is 2.32. The van der Waals surface area contributed by atoms with E-state index < -0.39 is 5.97 Å². The second-order valence-corrected chi connectivity index (χ2v) is 5.31. The van der Waals surface area contributed by atoms with Crippen molar-refractivity contribution in [2.45, 2.75) is 27.7 Å². The standard InChI is InChI=1S/C18H20O3/c1-12-6-5-7-16(10-12)20-11-17(19)21-18-14(3)8-13(2)9-15(18)4/h5-10H,11H2,1-4H3. The second kappa shape index (κ2) is 6.44. The van der Waals surface area contributed by atoms with Gasteiger partial charge in [0, 0.05) is 0 Å². The van der Waals surface area contributed by atoms with Crippen LogP contribution in [0.15, 0.2) is 36.4 Å². The summed E-state index contributed by atoms with van der Waals surface area (Å²) in [5, 5.41) is 0. The number of rotatable bonds is 4. The average molecular weight is 284 g/mol. The van der Waals surface area contributed by atoms with E-state index in [0.29, 0.717) is 11.5 Å². The number of aryl methyl sites for hydroxylation is 4. The van der Waals surface area contributed by atoms with Gasteiger partial charge < -0.3 is 9.47 Å². The Morgan fingerprint density at radius 1 is 0.952 bits per heavy atom. The lowest BCUT2D eigenvalue weighted by molar-refractivity contribution is -0.136. The third-order valence-corrected chi connectivity index (χ3v) is 3.17. The van der Waals surface area contributed by atoms with Crippen LogP contribution in [0.2, 0.25) is 0 Å². The van der Waals surface area contributed by atoms with Crippen molar-refractivity contribution >= 4 is 5.97 Å². The minimum atomic E-state index is -0.397. The summed E-state index contributed by atoms with van der Waals surface area (Å²) < 4.78 is 10.9. The van der Waals surface area contributed by atoms with E-state index in [4.69, 9.17) is 9.47 Å². The Morgan fingerprint density at radius 3 is 2.24 bits per heavy atom. The Hall–Kier alpha value is -2.29. The fraction of sp³-hybridized carbons (Fsp3) is 0.278. The summed E-state index contributed by atoms with van der Waals surface area (Å²) in [4.78, 5) is 11.9. The van der Waals surface area contributed by atoms with Gasteiger partial charge in [-0.15, -0.1) is 0 Å². The van der Waals surface area contributed by atoms with Crippen molar-refractivity contribution in [3.8, 4) is 11.5 Å². The Labute approximate surface area is 125 Å². The second-order valence-electron chi connectivity index (χ2n) is 5.31. The largest absolute Gasteiger partial charge is 0.482 e. The molecule has 0 radical (unpaired) electrons. The Morgan fingerprint density at radius 2 is 1.62 bits per heavy atom. The number of hydrogen-bond donors (Lipinski definition) is 0. The first kappa shape index (κ1) is 15.1. The molecule has 0 amide bonds. The van der Waals surface area contributed by atoms with Crippen LogP contribution in [0.1, 0.15) is 22.3 Å². The Balaban J connectivity index is 1.99. The molecule has 0 aliphatic heterocycles. The molecule has 0 N–H and O–H groups in total. The smallest absolute Gasteiger partial charge is 0.349 e. The molecule has 3 heteroatoms. The van der Waals surface area contributed by atoms with Crippen molar-refractivity contribution < 1.29 is 14.3 Å². The molecule has 0 saturated carbocycles. The first-order chi connectivity index (χ1) is 9.95. The topological polar surface area (TPSA) is 35.5 Å². The van der Waals surface area contributed by atoms with Crippen LogP contribution in [0, 0.1) is 27.7 Å². The van der Waals surface area contributed by atoms with Gasteiger partial charge in [-0.3, -0.25) is 0 Å². The van der Waals surface area contributed by atoms with E-state index in [1.807, 2.05) is 64.1 Å². The quantitative estimate of drug-likeness (QED) is 0.631. The maximum Gasteiger partial charge on any atom is 0.349 e. The minimum absolute atomic E-state index is 0.101. The molecule has 2 aromatic rings. The molecule has 2 aromatic carbocycles. The van der Waals surface area contributed by atoms with Crippen molar-refractivity contribution in [3.05, 3.63) is 58.7 Å². The van der Waals surface area contributed by atoms with Crippen LogP contribution in [0.5, 0.6) is 11.5 Å². The van der Waals surface area contributed by atoms with Crippen molar-refractivity contribution in [1.29, 1.82) is 0 Å². The van der Waals surface area contributed by atoms with Crippen molar-refractivity contribution in [1.82, 2.24) is 0 Å². The Bertz CT molecular complexity index is 636. The lowest BCUT2D eigenvalue weighted by atomic mass is 10.1. The van der Waals surface area contributed by atoms with Crippen LogP contribution in [-0.2, 0) is 4.79 Å². The summed E-state index contributed by atoms with van der Waals surface area (Å²) in [7, 11) is 0. The molecule has 3 nitrogen and oxygen atoms in total. The third kappa shape index (κ3) is 4.09. The van der Waals surface area contributed by atoms with E-state index in [1.54, 1.807) is 0 Å². The van der Waals surface area contributed by atoms with E-state index in [-0.39, 0.29) is 6.61 Å². The van der Waals surface area contributed by atoms with Gasteiger partial charge in [0.2, 0.25) is 0 Å². The van der Waals surface area contributed by atoms with Crippen LogP contribution < -0.4 is 9.47 Å².